The minimum absolute atomic E-state index is 0. The van der Waals surface area contributed by atoms with Gasteiger partial charge >= 0.3 is 7.55 Å². The summed E-state index contributed by atoms with van der Waals surface area (Å²) in [6.07, 6.45) is 1.82. The van der Waals surface area contributed by atoms with Gasteiger partial charge in [0.2, 0.25) is 0 Å². The zero-order valence-corrected chi connectivity index (χ0v) is 14.2. The van der Waals surface area contributed by atoms with E-state index in [-0.39, 0.29) is 20.1 Å². The van der Waals surface area contributed by atoms with Crippen molar-refractivity contribution in [2.24, 2.45) is 0 Å². The predicted molar refractivity (Wildman–Crippen MR) is 87.2 cm³/mol. The molecule has 0 N–H and O–H groups in total. The largest absolute Gasteiger partial charge is 0.402 e. The van der Waals surface area contributed by atoms with Crippen molar-refractivity contribution in [3.8, 4) is 0 Å². The first-order valence-electron chi connectivity index (χ1n) is 6.92. The summed E-state index contributed by atoms with van der Waals surface area (Å²) < 4.78 is 0. The first kappa shape index (κ1) is 14.8. The van der Waals surface area contributed by atoms with Crippen LogP contribution in [0.5, 0.6) is 0 Å². The van der Waals surface area contributed by atoms with Gasteiger partial charge in [0.15, 0.2) is 0 Å². The van der Waals surface area contributed by atoms with Gasteiger partial charge in [0, 0.05) is 32.0 Å². The number of rotatable bonds is 2. The van der Waals surface area contributed by atoms with Crippen molar-refractivity contribution in [2.45, 2.75) is 0 Å². The minimum atomic E-state index is 0. The van der Waals surface area contributed by atoms with Gasteiger partial charge in [-0.3, -0.25) is 0 Å². The van der Waals surface area contributed by atoms with E-state index in [4.69, 9.17) is 0 Å². The van der Waals surface area contributed by atoms with E-state index in [1.807, 2.05) is 30.5 Å². The van der Waals surface area contributed by atoms with Crippen LogP contribution < -0.4 is 9.62 Å². The SMILES string of the molecule is [B]1N(c2ccccc2)c2ccccc2N1c1ccccn1.[Ir]. The molecule has 3 nitrogen and oxygen atoms in total. The van der Waals surface area contributed by atoms with Crippen LogP contribution in [0.25, 0.3) is 0 Å². The normalized spacial score (nSPS) is 12.4. The third-order valence-corrected chi connectivity index (χ3v) is 3.56. The number of fused-ring (bicyclic) bond motifs is 1. The Labute approximate surface area is 144 Å². The van der Waals surface area contributed by atoms with Crippen molar-refractivity contribution in [3.05, 3.63) is 79.0 Å². The summed E-state index contributed by atoms with van der Waals surface area (Å²) in [6, 6.07) is 24.6. The van der Waals surface area contributed by atoms with Crippen molar-refractivity contribution < 1.29 is 20.1 Å². The Morgan fingerprint density at radius 1 is 0.682 bits per heavy atom. The molecule has 0 atom stereocenters. The zero-order valence-electron chi connectivity index (χ0n) is 11.8. The van der Waals surface area contributed by atoms with E-state index < -0.39 is 0 Å². The molecule has 0 fully saturated rings. The van der Waals surface area contributed by atoms with Gasteiger partial charge in [0.1, 0.15) is 5.82 Å². The smallest absolute Gasteiger partial charge is 0.367 e. The molecule has 3 aromatic rings. The van der Waals surface area contributed by atoms with Gasteiger partial charge in [-0.1, -0.05) is 36.4 Å². The monoisotopic (exact) mass is 463 g/mol. The van der Waals surface area contributed by atoms with Gasteiger partial charge in [0.25, 0.3) is 0 Å². The van der Waals surface area contributed by atoms with Crippen LogP contribution in [0.3, 0.4) is 0 Å². The van der Waals surface area contributed by atoms with Crippen molar-refractivity contribution in [3.63, 3.8) is 0 Å². The molecule has 0 saturated heterocycles. The average Bonchev–Trinajstić information content (AvgIpc) is 2.96. The third-order valence-electron chi connectivity index (χ3n) is 3.56. The van der Waals surface area contributed by atoms with Crippen LogP contribution in [0.15, 0.2) is 79.0 Å². The predicted octanol–water partition coefficient (Wildman–Crippen LogP) is 3.90. The van der Waals surface area contributed by atoms with Gasteiger partial charge in [-0.2, -0.15) is 0 Å². The second kappa shape index (κ2) is 6.35. The first-order chi connectivity index (χ1) is 10.4. The van der Waals surface area contributed by atoms with Crippen LogP contribution in [0.1, 0.15) is 0 Å². The summed E-state index contributed by atoms with van der Waals surface area (Å²) in [6.45, 7) is 0. The molecule has 108 valence electrons. The quantitative estimate of drug-likeness (QED) is 0.539. The zero-order chi connectivity index (χ0) is 14.1. The molecule has 2 aromatic carbocycles. The van der Waals surface area contributed by atoms with Crippen molar-refractivity contribution in [1.29, 1.82) is 0 Å². The molecular weight excluding hydrogens is 449 g/mol. The Kier molecular flexibility index (Phi) is 4.28. The molecule has 1 aromatic heterocycles. The Morgan fingerprint density at radius 2 is 1.32 bits per heavy atom. The molecule has 2 radical (unpaired) electrons. The topological polar surface area (TPSA) is 19.4 Å². The number of pyridine rings is 1. The number of aromatic nitrogens is 1. The summed E-state index contributed by atoms with van der Waals surface area (Å²) in [4.78, 5) is 8.75. The van der Waals surface area contributed by atoms with Crippen LogP contribution in [-0.2, 0) is 20.1 Å². The molecule has 5 heteroatoms. The van der Waals surface area contributed by atoms with Crippen LogP contribution in [0, 0.1) is 0 Å². The summed E-state index contributed by atoms with van der Waals surface area (Å²) >= 11 is 0. The van der Waals surface area contributed by atoms with E-state index in [1.54, 1.807) is 0 Å². The second-order valence-electron chi connectivity index (χ2n) is 4.87. The van der Waals surface area contributed by atoms with E-state index in [1.165, 1.54) is 0 Å². The first-order valence-corrected chi connectivity index (χ1v) is 6.92. The van der Waals surface area contributed by atoms with Gasteiger partial charge in [-0.05, 0) is 36.4 Å². The maximum atomic E-state index is 4.46. The van der Waals surface area contributed by atoms with Gasteiger partial charge in [-0.25, -0.2) is 4.98 Å². The molecule has 0 bridgehead atoms. The minimum Gasteiger partial charge on any atom is -0.367 e. The Hall–Kier alpha value is -2.10. The second-order valence-corrected chi connectivity index (χ2v) is 4.87. The van der Waals surface area contributed by atoms with Gasteiger partial charge in [-0.15, -0.1) is 0 Å². The number of benzene rings is 2. The van der Waals surface area contributed by atoms with Gasteiger partial charge < -0.3 is 9.62 Å². The number of hydrogen-bond acceptors (Lipinski definition) is 3. The molecule has 22 heavy (non-hydrogen) atoms. The van der Waals surface area contributed by atoms with E-state index >= 15 is 0 Å². The van der Waals surface area contributed by atoms with Gasteiger partial charge in [0.05, 0.1) is 11.4 Å². The maximum absolute atomic E-state index is 4.46. The van der Waals surface area contributed by atoms with E-state index in [2.05, 4.69) is 70.7 Å². The Bertz CT molecular complexity index is 688. The molecule has 0 saturated carbocycles. The van der Waals surface area contributed by atoms with Crippen molar-refractivity contribution in [2.75, 3.05) is 9.62 Å². The molecule has 4 rings (SSSR count). The summed E-state index contributed by atoms with van der Waals surface area (Å²) in [5.41, 5.74) is 3.44. The summed E-state index contributed by atoms with van der Waals surface area (Å²) in [5.74, 6) is 0.920. The molecule has 0 amide bonds. The fourth-order valence-corrected chi connectivity index (χ4v) is 2.58. The van der Waals surface area contributed by atoms with Crippen LogP contribution >= 0.6 is 0 Å². The molecular formula is C17H13BIrN3. The molecule has 0 aliphatic carbocycles. The number of anilines is 4. The molecule has 1 aliphatic heterocycles. The Morgan fingerprint density at radius 3 is 2.00 bits per heavy atom. The number of nitrogens with zero attached hydrogens (tertiary/aromatic N) is 3. The average molecular weight is 462 g/mol. The van der Waals surface area contributed by atoms with E-state index in [9.17, 15) is 0 Å². The van der Waals surface area contributed by atoms with Crippen molar-refractivity contribution >= 4 is 30.4 Å². The molecule has 2 heterocycles. The van der Waals surface area contributed by atoms with Crippen molar-refractivity contribution in [1.82, 2.24) is 4.98 Å². The van der Waals surface area contributed by atoms with E-state index in [0.29, 0.717) is 0 Å². The fraction of sp³-hybridized carbons (Fsp3) is 0. The molecule has 0 unspecified atom stereocenters. The van der Waals surface area contributed by atoms with Crippen LogP contribution in [0.4, 0.5) is 22.9 Å². The fourth-order valence-electron chi connectivity index (χ4n) is 2.58. The van der Waals surface area contributed by atoms with E-state index in [0.717, 1.165) is 22.9 Å². The Balaban J connectivity index is 0.00000144. The molecule has 1 aliphatic rings. The standard InChI is InChI=1S/C17H13BN3.Ir/c1-2-8-14(9-3-1)20-15-10-4-5-11-16(15)21(18-20)17-12-6-7-13-19-17;/h1-13H;. The number of hydrogen-bond donors (Lipinski definition) is 0. The maximum Gasteiger partial charge on any atom is 0.402 e. The summed E-state index contributed by atoms with van der Waals surface area (Å²) in [5, 5.41) is 0. The van der Waals surface area contributed by atoms with Crippen LogP contribution in [0.2, 0.25) is 0 Å². The van der Waals surface area contributed by atoms with Crippen LogP contribution in [-0.4, -0.2) is 12.5 Å². The third kappa shape index (κ3) is 2.54. The number of para-hydroxylation sites is 3. The summed E-state index contributed by atoms with van der Waals surface area (Å²) in [7, 11) is 2.09. The molecule has 0 spiro atoms.